The number of unbranched alkanes of at least 4 members (excludes halogenated alkanes) is 5. The first-order valence-electron chi connectivity index (χ1n) is 7.10. The number of esters is 1. The maximum atomic E-state index is 13.3. The summed E-state index contributed by atoms with van der Waals surface area (Å²) in [6, 6.07) is 0. The summed E-state index contributed by atoms with van der Waals surface area (Å²) in [5, 5.41) is 0. The van der Waals surface area contributed by atoms with E-state index in [9.17, 15) is 26.7 Å². The molecule has 124 valence electrons. The lowest BCUT2D eigenvalue weighted by Gasteiger charge is -2.08. The van der Waals surface area contributed by atoms with Gasteiger partial charge in [-0.25, -0.2) is 26.7 Å². The van der Waals surface area contributed by atoms with Crippen molar-refractivity contribution in [3.05, 3.63) is 34.6 Å². The van der Waals surface area contributed by atoms with E-state index in [1.807, 2.05) is 0 Å². The average Bonchev–Trinajstić information content (AvgIpc) is 2.50. The highest BCUT2D eigenvalue weighted by atomic mass is 19.2. The Morgan fingerprint density at radius 3 is 1.77 bits per heavy atom. The summed E-state index contributed by atoms with van der Waals surface area (Å²) < 4.78 is 70.0. The molecule has 0 saturated carbocycles. The van der Waals surface area contributed by atoms with Crippen molar-refractivity contribution in [2.75, 3.05) is 6.61 Å². The van der Waals surface area contributed by atoms with Gasteiger partial charge in [-0.1, -0.05) is 39.0 Å². The molecule has 22 heavy (non-hydrogen) atoms. The Morgan fingerprint density at radius 1 is 0.773 bits per heavy atom. The first kappa shape index (κ1) is 18.4. The van der Waals surface area contributed by atoms with Crippen molar-refractivity contribution in [1.82, 2.24) is 0 Å². The van der Waals surface area contributed by atoms with E-state index in [-0.39, 0.29) is 6.61 Å². The predicted octanol–water partition coefficient (Wildman–Crippen LogP) is 4.90. The van der Waals surface area contributed by atoms with Crippen molar-refractivity contribution in [2.24, 2.45) is 0 Å². The van der Waals surface area contributed by atoms with Crippen LogP contribution in [0.3, 0.4) is 0 Å². The molecule has 0 N–H and O–H groups in total. The van der Waals surface area contributed by atoms with E-state index in [4.69, 9.17) is 0 Å². The Labute approximate surface area is 125 Å². The zero-order chi connectivity index (χ0) is 16.7. The van der Waals surface area contributed by atoms with Crippen molar-refractivity contribution in [3.63, 3.8) is 0 Å². The normalized spacial score (nSPS) is 10.8. The summed E-state index contributed by atoms with van der Waals surface area (Å²) in [4.78, 5) is 11.5. The summed E-state index contributed by atoms with van der Waals surface area (Å²) in [6.07, 6.45) is 5.34. The van der Waals surface area contributed by atoms with Crippen molar-refractivity contribution in [2.45, 2.75) is 45.4 Å². The van der Waals surface area contributed by atoms with E-state index in [0.717, 1.165) is 32.1 Å². The van der Waals surface area contributed by atoms with Gasteiger partial charge in [0.05, 0.1) is 6.61 Å². The molecular weight excluding hydrogens is 307 g/mol. The van der Waals surface area contributed by atoms with Gasteiger partial charge in [0.2, 0.25) is 5.82 Å². The summed E-state index contributed by atoms with van der Waals surface area (Å²) >= 11 is 0. The number of rotatable bonds is 8. The van der Waals surface area contributed by atoms with Gasteiger partial charge in [0.15, 0.2) is 23.3 Å². The van der Waals surface area contributed by atoms with Crippen LogP contribution >= 0.6 is 0 Å². The zero-order valence-corrected chi connectivity index (χ0v) is 12.2. The van der Waals surface area contributed by atoms with Crippen molar-refractivity contribution >= 4 is 5.97 Å². The maximum Gasteiger partial charge on any atom is 0.344 e. The predicted molar refractivity (Wildman–Crippen MR) is 69.9 cm³/mol. The van der Waals surface area contributed by atoms with Gasteiger partial charge in [0.1, 0.15) is 5.56 Å². The van der Waals surface area contributed by atoms with Gasteiger partial charge in [-0.05, 0) is 6.42 Å². The lowest BCUT2D eigenvalue weighted by molar-refractivity contribution is 0.0483. The van der Waals surface area contributed by atoms with Crippen LogP contribution in [0.5, 0.6) is 0 Å². The first-order valence-corrected chi connectivity index (χ1v) is 7.10. The van der Waals surface area contributed by atoms with Crippen LogP contribution in [0.25, 0.3) is 0 Å². The van der Waals surface area contributed by atoms with Gasteiger partial charge < -0.3 is 4.74 Å². The van der Waals surface area contributed by atoms with Crippen molar-refractivity contribution in [1.29, 1.82) is 0 Å². The lowest BCUT2D eigenvalue weighted by Crippen LogP contribution is -2.15. The molecule has 0 fully saturated rings. The van der Waals surface area contributed by atoms with Crippen LogP contribution in [0.2, 0.25) is 0 Å². The number of hydrogen-bond donors (Lipinski definition) is 0. The Kier molecular flexibility index (Phi) is 7.27. The highest BCUT2D eigenvalue weighted by molar-refractivity contribution is 5.90. The first-order chi connectivity index (χ1) is 10.4. The van der Waals surface area contributed by atoms with Crippen molar-refractivity contribution < 1.29 is 31.5 Å². The largest absolute Gasteiger partial charge is 0.462 e. The fraction of sp³-hybridized carbons (Fsp3) is 0.533. The molecule has 1 aromatic rings. The second kappa shape index (κ2) is 8.70. The number of ether oxygens (including phenoxy) is 1. The molecular formula is C15H17F5O2. The molecule has 1 aromatic carbocycles. The third-order valence-corrected chi connectivity index (χ3v) is 3.14. The molecule has 0 spiro atoms. The highest BCUT2D eigenvalue weighted by Gasteiger charge is 2.30. The van der Waals surface area contributed by atoms with Gasteiger partial charge in [-0.3, -0.25) is 0 Å². The smallest absolute Gasteiger partial charge is 0.344 e. The van der Waals surface area contributed by atoms with Crippen LogP contribution in [0, 0.1) is 29.1 Å². The van der Waals surface area contributed by atoms with Crippen LogP contribution in [-0.2, 0) is 4.74 Å². The van der Waals surface area contributed by atoms with Crippen LogP contribution in [0.15, 0.2) is 0 Å². The molecule has 0 aromatic heterocycles. The number of hydrogen-bond acceptors (Lipinski definition) is 2. The lowest BCUT2D eigenvalue weighted by atomic mass is 10.1. The van der Waals surface area contributed by atoms with Crippen LogP contribution < -0.4 is 0 Å². The molecule has 0 atom stereocenters. The molecule has 2 nitrogen and oxygen atoms in total. The summed E-state index contributed by atoms with van der Waals surface area (Å²) in [7, 11) is 0. The molecule has 7 heteroatoms. The average molecular weight is 324 g/mol. The van der Waals surface area contributed by atoms with E-state index in [1.165, 1.54) is 0 Å². The zero-order valence-electron chi connectivity index (χ0n) is 12.2. The number of carbonyl (C=O) groups is 1. The van der Waals surface area contributed by atoms with Crippen molar-refractivity contribution in [3.8, 4) is 0 Å². The minimum Gasteiger partial charge on any atom is -0.462 e. The standard InChI is InChI=1S/C15H17F5O2/c1-2-3-4-5-6-7-8-22-15(21)9-10(16)12(18)14(20)13(19)11(9)17/h2-8H2,1H3. The molecule has 0 aliphatic heterocycles. The number of carbonyl (C=O) groups excluding carboxylic acids is 1. The van der Waals surface area contributed by atoms with Gasteiger partial charge in [-0.15, -0.1) is 0 Å². The topological polar surface area (TPSA) is 26.3 Å². The third-order valence-electron chi connectivity index (χ3n) is 3.14. The fourth-order valence-corrected chi connectivity index (χ4v) is 1.90. The monoisotopic (exact) mass is 324 g/mol. The minimum atomic E-state index is -2.30. The van der Waals surface area contributed by atoms with Crippen LogP contribution in [0.1, 0.15) is 55.8 Å². The maximum absolute atomic E-state index is 13.3. The van der Waals surface area contributed by atoms with E-state index in [0.29, 0.717) is 6.42 Å². The van der Waals surface area contributed by atoms with Gasteiger partial charge in [0.25, 0.3) is 0 Å². The molecule has 0 unspecified atom stereocenters. The summed E-state index contributed by atoms with van der Waals surface area (Å²) in [5.41, 5.74) is -1.55. The summed E-state index contributed by atoms with van der Waals surface area (Å²) in [6.45, 7) is 1.93. The van der Waals surface area contributed by atoms with E-state index in [2.05, 4.69) is 11.7 Å². The molecule has 0 aliphatic carbocycles. The molecule has 0 heterocycles. The Bertz CT molecular complexity index is 502. The van der Waals surface area contributed by atoms with Gasteiger partial charge in [-0.2, -0.15) is 0 Å². The molecule has 1 rings (SSSR count). The quantitative estimate of drug-likeness (QED) is 0.223. The molecule has 0 amide bonds. The second-order valence-corrected chi connectivity index (χ2v) is 4.85. The summed E-state index contributed by atoms with van der Waals surface area (Å²) in [5.74, 6) is -12.5. The Balaban J connectivity index is 2.60. The van der Waals surface area contributed by atoms with Gasteiger partial charge in [0, 0.05) is 0 Å². The number of benzene rings is 1. The van der Waals surface area contributed by atoms with E-state index >= 15 is 0 Å². The molecule has 0 aliphatic rings. The SMILES string of the molecule is CCCCCCCCOC(=O)c1c(F)c(F)c(F)c(F)c1F. The van der Waals surface area contributed by atoms with E-state index < -0.39 is 40.6 Å². The number of halogens is 5. The molecule has 0 saturated heterocycles. The van der Waals surface area contributed by atoms with Crippen LogP contribution in [-0.4, -0.2) is 12.6 Å². The second-order valence-electron chi connectivity index (χ2n) is 4.85. The Hall–Kier alpha value is -1.66. The molecule has 0 radical (unpaired) electrons. The minimum absolute atomic E-state index is 0.134. The molecule has 0 bridgehead atoms. The fourth-order valence-electron chi connectivity index (χ4n) is 1.90. The third kappa shape index (κ3) is 4.42. The highest BCUT2D eigenvalue weighted by Crippen LogP contribution is 2.23. The Morgan fingerprint density at radius 2 is 1.23 bits per heavy atom. The van der Waals surface area contributed by atoms with E-state index in [1.54, 1.807) is 0 Å². The van der Waals surface area contributed by atoms with Gasteiger partial charge >= 0.3 is 5.97 Å². The van der Waals surface area contributed by atoms with Crippen LogP contribution in [0.4, 0.5) is 22.0 Å².